The highest BCUT2D eigenvalue weighted by atomic mass is 35.5. The fourth-order valence-corrected chi connectivity index (χ4v) is 1.07. The van der Waals surface area contributed by atoms with Crippen molar-refractivity contribution < 1.29 is 0 Å². The Labute approximate surface area is 75.2 Å². The molecule has 0 aliphatic rings. The monoisotopic (exact) mass is 185 g/mol. The molecular formula is C8H5Cl2N. The lowest BCUT2D eigenvalue weighted by Crippen LogP contribution is -1.84. The van der Waals surface area contributed by atoms with E-state index in [1.165, 1.54) is 0 Å². The summed E-state index contributed by atoms with van der Waals surface area (Å²) < 4.78 is 0. The summed E-state index contributed by atoms with van der Waals surface area (Å²) in [6.07, 6.45) is 0. The Balaban J connectivity index is 2.98. The Morgan fingerprint density at radius 2 is 2.18 bits per heavy atom. The molecule has 1 atom stereocenters. The Kier molecular flexibility index (Phi) is 2.76. The highest BCUT2D eigenvalue weighted by Gasteiger charge is 2.04. The largest absolute Gasteiger partial charge is 0.196 e. The topological polar surface area (TPSA) is 23.8 Å². The summed E-state index contributed by atoms with van der Waals surface area (Å²) in [4.78, 5) is 0. The van der Waals surface area contributed by atoms with Gasteiger partial charge in [-0.2, -0.15) is 5.26 Å². The molecule has 0 amide bonds. The minimum absolute atomic E-state index is 0.600. The second kappa shape index (κ2) is 3.61. The van der Waals surface area contributed by atoms with Crippen LogP contribution >= 0.6 is 23.2 Å². The molecule has 0 saturated heterocycles. The Morgan fingerprint density at radius 3 is 2.73 bits per heavy atom. The molecule has 0 saturated carbocycles. The zero-order valence-electron chi connectivity index (χ0n) is 5.59. The van der Waals surface area contributed by atoms with E-state index in [1.807, 2.05) is 6.07 Å². The number of hydrogen-bond donors (Lipinski definition) is 0. The van der Waals surface area contributed by atoms with Gasteiger partial charge >= 0.3 is 0 Å². The Morgan fingerprint density at radius 1 is 1.45 bits per heavy atom. The molecule has 3 heteroatoms. The third-order valence-corrected chi connectivity index (χ3v) is 1.84. The summed E-state index contributed by atoms with van der Waals surface area (Å²) in [7, 11) is 0. The summed E-state index contributed by atoms with van der Waals surface area (Å²) in [5, 5.41) is 8.45. The first-order chi connectivity index (χ1) is 5.24. The van der Waals surface area contributed by atoms with Gasteiger partial charge in [0, 0.05) is 5.02 Å². The molecule has 56 valence electrons. The first kappa shape index (κ1) is 8.39. The van der Waals surface area contributed by atoms with Gasteiger partial charge in [0.2, 0.25) is 0 Å². The van der Waals surface area contributed by atoms with E-state index in [2.05, 4.69) is 0 Å². The van der Waals surface area contributed by atoms with Crippen LogP contribution in [0.25, 0.3) is 0 Å². The van der Waals surface area contributed by atoms with Crippen LogP contribution in [-0.4, -0.2) is 0 Å². The summed E-state index contributed by atoms with van der Waals surface area (Å²) in [5.74, 6) is 0. The number of nitrogens with zero attached hydrogens (tertiary/aromatic N) is 1. The first-order valence-corrected chi connectivity index (χ1v) is 3.84. The van der Waals surface area contributed by atoms with Crippen LogP contribution in [0.3, 0.4) is 0 Å². The fraction of sp³-hybridized carbons (Fsp3) is 0.125. The van der Waals surface area contributed by atoms with E-state index < -0.39 is 5.38 Å². The number of nitriles is 1. The normalized spacial score (nSPS) is 12.1. The van der Waals surface area contributed by atoms with Crippen molar-refractivity contribution in [2.75, 3.05) is 0 Å². The molecule has 11 heavy (non-hydrogen) atoms. The van der Waals surface area contributed by atoms with Crippen molar-refractivity contribution in [2.24, 2.45) is 0 Å². The van der Waals surface area contributed by atoms with Gasteiger partial charge in [0.25, 0.3) is 0 Å². The highest BCUT2D eigenvalue weighted by molar-refractivity contribution is 6.30. The van der Waals surface area contributed by atoms with E-state index >= 15 is 0 Å². The molecular weight excluding hydrogens is 181 g/mol. The summed E-state index contributed by atoms with van der Waals surface area (Å²) in [6, 6.07) is 8.88. The maximum absolute atomic E-state index is 8.45. The molecule has 1 aromatic carbocycles. The quantitative estimate of drug-likeness (QED) is 0.618. The first-order valence-electron chi connectivity index (χ1n) is 3.03. The minimum Gasteiger partial charge on any atom is -0.196 e. The van der Waals surface area contributed by atoms with Crippen molar-refractivity contribution in [2.45, 2.75) is 5.38 Å². The molecule has 0 bridgehead atoms. The fourth-order valence-electron chi connectivity index (χ4n) is 0.739. The predicted molar refractivity (Wildman–Crippen MR) is 45.7 cm³/mol. The standard InChI is InChI=1S/C8H5Cl2N/c9-7-3-1-2-6(4-7)8(10)5-11/h1-4,8H/t8-/m0/s1. The highest BCUT2D eigenvalue weighted by Crippen LogP contribution is 2.21. The van der Waals surface area contributed by atoms with Crippen molar-refractivity contribution in [3.63, 3.8) is 0 Å². The van der Waals surface area contributed by atoms with E-state index in [0.717, 1.165) is 5.56 Å². The SMILES string of the molecule is N#C[C@H](Cl)c1cccc(Cl)c1. The van der Waals surface area contributed by atoms with Crippen LogP contribution in [0.15, 0.2) is 24.3 Å². The molecule has 1 aromatic rings. The summed E-state index contributed by atoms with van der Waals surface area (Å²) >= 11 is 11.3. The van der Waals surface area contributed by atoms with Crippen LogP contribution in [0, 0.1) is 11.3 Å². The zero-order chi connectivity index (χ0) is 8.27. The van der Waals surface area contributed by atoms with Gasteiger partial charge in [-0.15, -0.1) is 11.6 Å². The van der Waals surface area contributed by atoms with E-state index in [9.17, 15) is 0 Å². The third kappa shape index (κ3) is 2.11. The van der Waals surface area contributed by atoms with Crippen LogP contribution in [-0.2, 0) is 0 Å². The molecule has 0 unspecified atom stereocenters. The zero-order valence-corrected chi connectivity index (χ0v) is 7.10. The molecule has 0 spiro atoms. The molecule has 1 rings (SSSR count). The smallest absolute Gasteiger partial charge is 0.145 e. The molecule has 0 aliphatic carbocycles. The van der Waals surface area contributed by atoms with Crippen molar-refractivity contribution >= 4 is 23.2 Å². The molecule has 0 radical (unpaired) electrons. The van der Waals surface area contributed by atoms with Crippen LogP contribution in [0.1, 0.15) is 10.9 Å². The van der Waals surface area contributed by atoms with Crippen molar-refractivity contribution in [3.05, 3.63) is 34.9 Å². The molecule has 0 N–H and O–H groups in total. The second-order valence-electron chi connectivity index (χ2n) is 2.05. The number of alkyl halides is 1. The van der Waals surface area contributed by atoms with Gasteiger partial charge in [-0.3, -0.25) is 0 Å². The summed E-state index contributed by atoms with van der Waals surface area (Å²) in [5.41, 5.74) is 0.738. The maximum atomic E-state index is 8.45. The van der Waals surface area contributed by atoms with Crippen LogP contribution in [0.4, 0.5) is 0 Å². The Hall–Kier alpha value is -0.710. The number of hydrogen-bond acceptors (Lipinski definition) is 1. The van der Waals surface area contributed by atoms with Gasteiger partial charge in [0.05, 0.1) is 6.07 Å². The van der Waals surface area contributed by atoms with Crippen LogP contribution < -0.4 is 0 Å². The van der Waals surface area contributed by atoms with E-state index in [1.54, 1.807) is 24.3 Å². The van der Waals surface area contributed by atoms with Gasteiger partial charge < -0.3 is 0 Å². The number of rotatable bonds is 1. The lowest BCUT2D eigenvalue weighted by Gasteiger charge is -1.99. The number of benzene rings is 1. The molecule has 0 aliphatic heterocycles. The minimum atomic E-state index is -0.603. The average Bonchev–Trinajstić information content (AvgIpc) is 2.03. The maximum Gasteiger partial charge on any atom is 0.145 e. The van der Waals surface area contributed by atoms with Crippen molar-refractivity contribution in [1.82, 2.24) is 0 Å². The van der Waals surface area contributed by atoms with Gasteiger partial charge in [-0.05, 0) is 17.7 Å². The Bertz CT molecular complexity index is 290. The lowest BCUT2D eigenvalue weighted by atomic mass is 10.2. The lowest BCUT2D eigenvalue weighted by molar-refractivity contribution is 1.21. The van der Waals surface area contributed by atoms with Gasteiger partial charge in [0.1, 0.15) is 5.38 Å². The number of halogens is 2. The van der Waals surface area contributed by atoms with Crippen molar-refractivity contribution in [3.8, 4) is 6.07 Å². The van der Waals surface area contributed by atoms with Crippen LogP contribution in [0.5, 0.6) is 0 Å². The van der Waals surface area contributed by atoms with E-state index in [-0.39, 0.29) is 0 Å². The molecule has 0 fully saturated rings. The van der Waals surface area contributed by atoms with Gasteiger partial charge in [-0.25, -0.2) is 0 Å². The van der Waals surface area contributed by atoms with E-state index in [0.29, 0.717) is 5.02 Å². The third-order valence-electron chi connectivity index (χ3n) is 1.25. The van der Waals surface area contributed by atoms with Crippen molar-refractivity contribution in [1.29, 1.82) is 5.26 Å². The predicted octanol–water partition coefficient (Wildman–Crippen LogP) is 3.14. The molecule has 0 aromatic heterocycles. The summed E-state index contributed by atoms with van der Waals surface area (Å²) in [6.45, 7) is 0. The van der Waals surface area contributed by atoms with Crippen LogP contribution in [0.2, 0.25) is 5.02 Å². The van der Waals surface area contributed by atoms with E-state index in [4.69, 9.17) is 28.5 Å². The van der Waals surface area contributed by atoms with Gasteiger partial charge in [-0.1, -0.05) is 23.7 Å². The molecule has 0 heterocycles. The second-order valence-corrected chi connectivity index (χ2v) is 2.92. The van der Waals surface area contributed by atoms with Gasteiger partial charge in [0.15, 0.2) is 0 Å². The molecule has 1 nitrogen and oxygen atoms in total. The average molecular weight is 186 g/mol.